The zero-order valence-electron chi connectivity index (χ0n) is 11.4. The van der Waals surface area contributed by atoms with Gasteiger partial charge in [0.05, 0.1) is 11.4 Å². The van der Waals surface area contributed by atoms with Gasteiger partial charge in [0, 0.05) is 24.7 Å². The van der Waals surface area contributed by atoms with E-state index < -0.39 is 0 Å². The highest BCUT2D eigenvalue weighted by molar-refractivity contribution is 9.09. The van der Waals surface area contributed by atoms with Gasteiger partial charge in [-0.05, 0) is 31.4 Å². The SMILES string of the molecule is O=C(CCCCBr)Nc1ccccc1N1CCCC1=O. The third kappa shape index (κ3) is 3.82. The molecule has 108 valence electrons. The van der Waals surface area contributed by atoms with E-state index in [0.717, 1.165) is 42.5 Å². The summed E-state index contributed by atoms with van der Waals surface area (Å²) >= 11 is 3.35. The van der Waals surface area contributed by atoms with Gasteiger partial charge in [-0.1, -0.05) is 28.1 Å². The number of nitrogens with zero attached hydrogens (tertiary/aromatic N) is 1. The van der Waals surface area contributed by atoms with Crippen molar-refractivity contribution >= 4 is 39.1 Å². The van der Waals surface area contributed by atoms with Crippen LogP contribution in [0.1, 0.15) is 32.1 Å². The van der Waals surface area contributed by atoms with Crippen LogP contribution in [0.15, 0.2) is 24.3 Å². The molecule has 0 aliphatic carbocycles. The third-order valence-electron chi connectivity index (χ3n) is 3.33. The van der Waals surface area contributed by atoms with Gasteiger partial charge in [0.25, 0.3) is 0 Å². The molecule has 4 nitrogen and oxygen atoms in total. The summed E-state index contributed by atoms with van der Waals surface area (Å²) in [5, 5.41) is 3.83. The van der Waals surface area contributed by atoms with Crippen molar-refractivity contribution < 1.29 is 9.59 Å². The first-order chi connectivity index (χ1) is 9.72. The van der Waals surface area contributed by atoms with E-state index in [2.05, 4.69) is 21.2 Å². The van der Waals surface area contributed by atoms with Gasteiger partial charge < -0.3 is 10.2 Å². The maximum atomic E-state index is 11.9. The second-order valence-electron chi connectivity index (χ2n) is 4.86. The number of nitrogens with one attached hydrogen (secondary N) is 1. The molecule has 2 rings (SSSR count). The van der Waals surface area contributed by atoms with Crippen LogP contribution in [0.3, 0.4) is 0 Å². The van der Waals surface area contributed by atoms with E-state index in [9.17, 15) is 9.59 Å². The minimum Gasteiger partial charge on any atom is -0.324 e. The van der Waals surface area contributed by atoms with Gasteiger partial charge >= 0.3 is 0 Å². The highest BCUT2D eigenvalue weighted by Gasteiger charge is 2.23. The Bertz CT molecular complexity index is 491. The van der Waals surface area contributed by atoms with Crippen LogP contribution >= 0.6 is 15.9 Å². The van der Waals surface area contributed by atoms with Gasteiger partial charge in [-0.15, -0.1) is 0 Å². The number of hydrogen-bond donors (Lipinski definition) is 1. The lowest BCUT2D eigenvalue weighted by atomic mass is 10.2. The molecule has 2 amide bonds. The molecule has 0 saturated carbocycles. The molecule has 1 saturated heterocycles. The zero-order chi connectivity index (χ0) is 14.4. The average Bonchev–Trinajstić information content (AvgIpc) is 2.86. The molecule has 0 unspecified atom stereocenters. The summed E-state index contributed by atoms with van der Waals surface area (Å²) in [6, 6.07) is 7.50. The van der Waals surface area contributed by atoms with Crippen LogP contribution in [0, 0.1) is 0 Å². The Morgan fingerprint density at radius 3 is 2.80 bits per heavy atom. The maximum Gasteiger partial charge on any atom is 0.227 e. The monoisotopic (exact) mass is 338 g/mol. The smallest absolute Gasteiger partial charge is 0.227 e. The Hall–Kier alpha value is -1.36. The van der Waals surface area contributed by atoms with Gasteiger partial charge in [0.15, 0.2) is 0 Å². The molecule has 1 N–H and O–H groups in total. The Balaban J connectivity index is 2.04. The molecular weight excluding hydrogens is 320 g/mol. The number of rotatable bonds is 6. The van der Waals surface area contributed by atoms with Crippen LogP contribution in [0.4, 0.5) is 11.4 Å². The molecule has 0 atom stereocenters. The summed E-state index contributed by atoms with van der Waals surface area (Å²) in [5.41, 5.74) is 1.54. The summed E-state index contributed by atoms with van der Waals surface area (Å²) in [6.45, 7) is 0.731. The molecule has 1 aromatic carbocycles. The second-order valence-corrected chi connectivity index (χ2v) is 5.65. The highest BCUT2D eigenvalue weighted by atomic mass is 79.9. The van der Waals surface area contributed by atoms with Gasteiger partial charge in [-0.2, -0.15) is 0 Å². The van der Waals surface area contributed by atoms with E-state index in [4.69, 9.17) is 0 Å². The predicted molar refractivity (Wildman–Crippen MR) is 84.3 cm³/mol. The molecule has 0 spiro atoms. The van der Waals surface area contributed by atoms with Crippen molar-refractivity contribution in [2.75, 3.05) is 22.1 Å². The van der Waals surface area contributed by atoms with Gasteiger partial charge in [-0.25, -0.2) is 0 Å². The molecule has 0 aromatic heterocycles. The van der Waals surface area contributed by atoms with Gasteiger partial charge in [0.2, 0.25) is 11.8 Å². The van der Waals surface area contributed by atoms with Crippen LogP contribution < -0.4 is 10.2 Å². The number of benzene rings is 1. The quantitative estimate of drug-likeness (QED) is 0.638. The second kappa shape index (κ2) is 7.43. The highest BCUT2D eigenvalue weighted by Crippen LogP contribution is 2.29. The number of unbranched alkanes of at least 4 members (excludes halogenated alkanes) is 1. The van der Waals surface area contributed by atoms with Crippen molar-refractivity contribution in [3.8, 4) is 0 Å². The first-order valence-corrected chi connectivity index (χ1v) is 8.09. The molecule has 1 aliphatic heterocycles. The predicted octanol–water partition coefficient (Wildman–Crippen LogP) is 3.32. The normalized spacial score (nSPS) is 14.7. The number of anilines is 2. The van der Waals surface area contributed by atoms with E-state index in [1.807, 2.05) is 24.3 Å². The summed E-state index contributed by atoms with van der Waals surface area (Å²) in [4.78, 5) is 25.5. The van der Waals surface area contributed by atoms with Crippen molar-refractivity contribution in [1.82, 2.24) is 0 Å². The standard InChI is InChI=1S/C15H19BrN2O2/c16-10-4-3-8-14(19)17-12-6-1-2-7-13(12)18-11-5-9-15(18)20/h1-2,6-7H,3-5,8-11H2,(H,17,19). The summed E-state index contributed by atoms with van der Waals surface area (Å²) in [5.74, 6) is 0.135. The Kier molecular flexibility index (Phi) is 5.59. The largest absolute Gasteiger partial charge is 0.324 e. The van der Waals surface area contributed by atoms with Crippen LogP contribution in [0.2, 0.25) is 0 Å². The van der Waals surface area contributed by atoms with Crippen molar-refractivity contribution in [3.05, 3.63) is 24.3 Å². The maximum absolute atomic E-state index is 11.9. The van der Waals surface area contributed by atoms with Crippen LogP contribution in [-0.2, 0) is 9.59 Å². The van der Waals surface area contributed by atoms with E-state index in [-0.39, 0.29) is 11.8 Å². The minimum absolute atomic E-state index is 0.00467. The average molecular weight is 339 g/mol. The molecule has 5 heteroatoms. The number of halogens is 1. The van der Waals surface area contributed by atoms with Gasteiger partial charge in [-0.3, -0.25) is 9.59 Å². The Labute approximate surface area is 127 Å². The van der Waals surface area contributed by atoms with Crippen molar-refractivity contribution in [1.29, 1.82) is 0 Å². The minimum atomic E-state index is 0.00467. The number of alkyl halides is 1. The summed E-state index contributed by atoms with van der Waals surface area (Å²) < 4.78 is 0. The topological polar surface area (TPSA) is 49.4 Å². The molecule has 1 aromatic rings. The van der Waals surface area contributed by atoms with E-state index >= 15 is 0 Å². The van der Waals surface area contributed by atoms with Crippen molar-refractivity contribution in [3.63, 3.8) is 0 Å². The van der Waals surface area contributed by atoms with Crippen LogP contribution in [0.25, 0.3) is 0 Å². The Morgan fingerprint density at radius 2 is 2.10 bits per heavy atom. The van der Waals surface area contributed by atoms with Crippen molar-refractivity contribution in [2.45, 2.75) is 32.1 Å². The lowest BCUT2D eigenvalue weighted by Gasteiger charge is -2.19. The lowest BCUT2D eigenvalue weighted by Crippen LogP contribution is -2.25. The van der Waals surface area contributed by atoms with Crippen LogP contribution in [0.5, 0.6) is 0 Å². The first kappa shape index (κ1) is 15.0. The Morgan fingerprint density at radius 1 is 1.30 bits per heavy atom. The molecular formula is C15H19BrN2O2. The number of amides is 2. The number of para-hydroxylation sites is 2. The fourth-order valence-corrected chi connectivity index (χ4v) is 2.71. The van der Waals surface area contributed by atoms with E-state index in [1.165, 1.54) is 0 Å². The number of hydrogen-bond acceptors (Lipinski definition) is 2. The lowest BCUT2D eigenvalue weighted by molar-refractivity contribution is -0.117. The molecule has 0 radical (unpaired) electrons. The fraction of sp³-hybridized carbons (Fsp3) is 0.467. The zero-order valence-corrected chi connectivity index (χ0v) is 13.0. The summed E-state index contributed by atoms with van der Waals surface area (Å²) in [7, 11) is 0. The molecule has 20 heavy (non-hydrogen) atoms. The van der Waals surface area contributed by atoms with Gasteiger partial charge in [0.1, 0.15) is 0 Å². The van der Waals surface area contributed by atoms with E-state index in [0.29, 0.717) is 12.8 Å². The van der Waals surface area contributed by atoms with E-state index in [1.54, 1.807) is 4.90 Å². The number of carbonyl (C=O) groups is 2. The molecule has 1 fully saturated rings. The number of carbonyl (C=O) groups excluding carboxylic acids is 2. The van der Waals surface area contributed by atoms with Crippen LogP contribution in [-0.4, -0.2) is 23.7 Å². The molecule has 1 aliphatic rings. The summed E-state index contributed by atoms with van der Waals surface area (Å²) in [6.07, 6.45) is 3.83. The fourth-order valence-electron chi connectivity index (χ4n) is 2.31. The molecule has 0 bridgehead atoms. The molecule has 1 heterocycles. The van der Waals surface area contributed by atoms with Crippen molar-refractivity contribution in [2.24, 2.45) is 0 Å². The first-order valence-electron chi connectivity index (χ1n) is 6.97. The third-order valence-corrected chi connectivity index (χ3v) is 3.89.